The highest BCUT2D eigenvalue weighted by Crippen LogP contribution is 2.27. The molecule has 0 aliphatic carbocycles. The van der Waals surface area contributed by atoms with E-state index in [1.807, 2.05) is 12.1 Å². The van der Waals surface area contributed by atoms with E-state index in [4.69, 9.17) is 17.3 Å². The predicted molar refractivity (Wildman–Crippen MR) is 47.4 cm³/mol. The Labute approximate surface area is 72.9 Å². The van der Waals surface area contributed by atoms with Crippen molar-refractivity contribution in [1.82, 2.24) is 0 Å². The smallest absolute Gasteiger partial charge is 0.161 e. The number of hydrogen-bond donors (Lipinski definition) is 0. The second kappa shape index (κ2) is 3.09. The van der Waals surface area contributed by atoms with Gasteiger partial charge in [0.25, 0.3) is 0 Å². The second-order valence-electron chi connectivity index (χ2n) is 2.76. The lowest BCUT2D eigenvalue weighted by Crippen LogP contribution is -2.02. The van der Waals surface area contributed by atoms with Crippen LogP contribution in [-0.4, -0.2) is 21.1 Å². The summed E-state index contributed by atoms with van der Waals surface area (Å²) in [6.07, 6.45) is 0.925. The van der Waals surface area contributed by atoms with Crippen LogP contribution >= 0.6 is 0 Å². The summed E-state index contributed by atoms with van der Waals surface area (Å²) in [5.41, 5.74) is 0.708. The Morgan fingerprint density at radius 3 is 2.67 bits per heavy atom. The highest BCUT2D eigenvalue weighted by atomic mass is 16.5. The third kappa shape index (κ3) is 1.40. The van der Waals surface area contributed by atoms with E-state index >= 15 is 0 Å². The summed E-state index contributed by atoms with van der Waals surface area (Å²) in [4.78, 5) is 0. The van der Waals surface area contributed by atoms with E-state index in [1.54, 1.807) is 6.07 Å². The van der Waals surface area contributed by atoms with Gasteiger partial charge in [-0.2, -0.15) is 0 Å². The van der Waals surface area contributed by atoms with Crippen molar-refractivity contribution in [3.63, 3.8) is 0 Å². The summed E-state index contributed by atoms with van der Waals surface area (Å²) in [5.74, 6) is 1.55. The molecular formula is C9H9BO2. The predicted octanol–water partition coefficient (Wildman–Crippen LogP) is 0.642. The van der Waals surface area contributed by atoms with Crippen LogP contribution in [0.5, 0.6) is 11.5 Å². The fourth-order valence-corrected chi connectivity index (χ4v) is 1.18. The van der Waals surface area contributed by atoms with Crippen LogP contribution in [0.15, 0.2) is 18.2 Å². The van der Waals surface area contributed by atoms with Gasteiger partial charge < -0.3 is 9.47 Å². The van der Waals surface area contributed by atoms with E-state index in [9.17, 15) is 0 Å². The molecule has 0 amide bonds. The summed E-state index contributed by atoms with van der Waals surface area (Å²) in [7, 11) is 5.60. The lowest BCUT2D eigenvalue weighted by atomic mass is 9.96. The zero-order valence-corrected chi connectivity index (χ0v) is 6.75. The maximum Gasteiger partial charge on any atom is 0.161 e. The quantitative estimate of drug-likeness (QED) is 0.518. The monoisotopic (exact) mass is 160 g/mol. The van der Waals surface area contributed by atoms with E-state index < -0.39 is 0 Å². The molecule has 0 atom stereocenters. The summed E-state index contributed by atoms with van der Waals surface area (Å²) in [6.45, 7) is 1.42. The van der Waals surface area contributed by atoms with Crippen molar-refractivity contribution in [2.45, 2.75) is 6.42 Å². The van der Waals surface area contributed by atoms with Crippen LogP contribution < -0.4 is 14.9 Å². The molecule has 2 radical (unpaired) electrons. The number of hydrogen-bond acceptors (Lipinski definition) is 2. The van der Waals surface area contributed by atoms with E-state index in [0.29, 0.717) is 12.1 Å². The zero-order valence-electron chi connectivity index (χ0n) is 6.75. The Kier molecular flexibility index (Phi) is 1.94. The molecule has 60 valence electrons. The van der Waals surface area contributed by atoms with Crippen molar-refractivity contribution in [2.24, 2.45) is 0 Å². The molecule has 0 unspecified atom stereocenters. The third-order valence-electron chi connectivity index (χ3n) is 1.77. The van der Waals surface area contributed by atoms with E-state index in [1.165, 1.54) is 0 Å². The summed E-state index contributed by atoms with van der Waals surface area (Å²) >= 11 is 0. The number of benzene rings is 1. The molecular weight excluding hydrogens is 151 g/mol. The maximum atomic E-state index is 5.60. The van der Waals surface area contributed by atoms with Crippen LogP contribution in [0.1, 0.15) is 6.42 Å². The van der Waals surface area contributed by atoms with Crippen molar-refractivity contribution < 1.29 is 9.47 Å². The van der Waals surface area contributed by atoms with Gasteiger partial charge in [0.05, 0.1) is 13.2 Å². The molecule has 2 rings (SSSR count). The van der Waals surface area contributed by atoms with Crippen molar-refractivity contribution in [1.29, 1.82) is 0 Å². The Morgan fingerprint density at radius 2 is 1.83 bits per heavy atom. The standard InChI is InChI=1S/C9H9BO2/c10-7-2-3-8-9(6-7)12-5-1-4-11-8/h2-3,6H,1,4-5H2. The van der Waals surface area contributed by atoms with Gasteiger partial charge in [-0.25, -0.2) is 0 Å². The first-order valence-corrected chi connectivity index (χ1v) is 4.01. The van der Waals surface area contributed by atoms with Crippen molar-refractivity contribution in [2.75, 3.05) is 13.2 Å². The minimum absolute atomic E-state index is 0.705. The molecule has 0 saturated carbocycles. The topological polar surface area (TPSA) is 18.5 Å². The van der Waals surface area contributed by atoms with Gasteiger partial charge in [-0.3, -0.25) is 0 Å². The molecule has 1 aliphatic rings. The minimum Gasteiger partial charge on any atom is -0.490 e. The molecule has 0 bridgehead atoms. The summed E-state index contributed by atoms with van der Waals surface area (Å²) in [5, 5.41) is 0. The first kappa shape index (κ1) is 7.53. The minimum atomic E-state index is 0.705. The first-order chi connectivity index (χ1) is 5.86. The van der Waals surface area contributed by atoms with Gasteiger partial charge >= 0.3 is 0 Å². The maximum absolute atomic E-state index is 5.60. The highest BCUT2D eigenvalue weighted by molar-refractivity contribution is 6.32. The first-order valence-electron chi connectivity index (χ1n) is 4.01. The summed E-state index contributed by atoms with van der Waals surface area (Å²) in [6, 6.07) is 5.45. The molecule has 1 heterocycles. The second-order valence-corrected chi connectivity index (χ2v) is 2.76. The lowest BCUT2D eigenvalue weighted by Gasteiger charge is -2.06. The van der Waals surface area contributed by atoms with E-state index in [-0.39, 0.29) is 0 Å². The van der Waals surface area contributed by atoms with Crippen LogP contribution in [-0.2, 0) is 0 Å². The van der Waals surface area contributed by atoms with Crippen molar-refractivity contribution >= 4 is 13.3 Å². The van der Waals surface area contributed by atoms with E-state index in [0.717, 1.165) is 24.5 Å². The SMILES string of the molecule is [B]c1ccc2c(c1)OCCCO2. The van der Waals surface area contributed by atoms with Gasteiger partial charge in [-0.1, -0.05) is 11.5 Å². The molecule has 1 aromatic carbocycles. The molecule has 0 spiro atoms. The average Bonchev–Trinajstić information content (AvgIpc) is 2.28. The lowest BCUT2D eigenvalue weighted by molar-refractivity contribution is 0.297. The Morgan fingerprint density at radius 1 is 1.08 bits per heavy atom. The molecule has 12 heavy (non-hydrogen) atoms. The fourth-order valence-electron chi connectivity index (χ4n) is 1.18. The van der Waals surface area contributed by atoms with Gasteiger partial charge in [0.1, 0.15) is 7.85 Å². The van der Waals surface area contributed by atoms with Gasteiger partial charge in [0.15, 0.2) is 11.5 Å². The largest absolute Gasteiger partial charge is 0.490 e. The van der Waals surface area contributed by atoms with Gasteiger partial charge in [-0.15, -0.1) is 0 Å². The number of fused-ring (bicyclic) bond motifs is 1. The molecule has 0 fully saturated rings. The molecule has 1 aromatic rings. The summed E-state index contributed by atoms with van der Waals surface area (Å²) < 4.78 is 10.8. The normalized spacial score (nSPS) is 15.3. The van der Waals surface area contributed by atoms with Crippen LogP contribution in [0.2, 0.25) is 0 Å². The Balaban J connectivity index is 2.36. The third-order valence-corrected chi connectivity index (χ3v) is 1.77. The van der Waals surface area contributed by atoms with Gasteiger partial charge in [0, 0.05) is 6.42 Å². The molecule has 1 aliphatic heterocycles. The van der Waals surface area contributed by atoms with Crippen molar-refractivity contribution in [3.05, 3.63) is 18.2 Å². The molecule has 3 heteroatoms. The molecule has 0 saturated heterocycles. The Bertz CT molecular complexity index is 286. The molecule has 0 N–H and O–H groups in total. The number of rotatable bonds is 0. The molecule has 0 aromatic heterocycles. The Hall–Kier alpha value is -1.12. The number of ether oxygens (including phenoxy) is 2. The zero-order chi connectivity index (χ0) is 8.39. The highest BCUT2D eigenvalue weighted by Gasteiger charge is 2.08. The van der Waals surface area contributed by atoms with Gasteiger partial charge in [-0.05, 0) is 12.1 Å². The van der Waals surface area contributed by atoms with E-state index in [2.05, 4.69) is 0 Å². The molecule has 2 nitrogen and oxygen atoms in total. The van der Waals surface area contributed by atoms with Crippen LogP contribution in [0, 0.1) is 0 Å². The van der Waals surface area contributed by atoms with Crippen LogP contribution in [0.25, 0.3) is 0 Å². The average molecular weight is 160 g/mol. The van der Waals surface area contributed by atoms with Crippen LogP contribution in [0.3, 0.4) is 0 Å². The fraction of sp³-hybridized carbons (Fsp3) is 0.333. The van der Waals surface area contributed by atoms with Crippen LogP contribution in [0.4, 0.5) is 0 Å². The van der Waals surface area contributed by atoms with Gasteiger partial charge in [0.2, 0.25) is 0 Å². The van der Waals surface area contributed by atoms with Crippen molar-refractivity contribution in [3.8, 4) is 11.5 Å².